The fourth-order valence-electron chi connectivity index (χ4n) is 1.33. The number of carboxylic acids is 1. The van der Waals surface area contributed by atoms with Crippen LogP contribution in [0, 0.1) is 0 Å². The molecule has 0 aliphatic rings. The van der Waals surface area contributed by atoms with Gasteiger partial charge in [0.2, 0.25) is 5.76 Å². The highest BCUT2D eigenvalue weighted by Crippen LogP contribution is 2.13. The Kier molecular flexibility index (Phi) is 2.86. The monoisotopic (exact) mass is 218 g/mol. The number of rotatable bonds is 4. The zero-order valence-corrected chi connectivity index (χ0v) is 8.38. The molecule has 2 aromatic rings. The summed E-state index contributed by atoms with van der Waals surface area (Å²) in [5, 5.41) is 11.9. The lowest BCUT2D eigenvalue weighted by atomic mass is 10.2. The van der Waals surface area contributed by atoms with Gasteiger partial charge in [0.25, 0.3) is 0 Å². The van der Waals surface area contributed by atoms with E-state index in [1.165, 1.54) is 6.26 Å². The maximum Gasteiger partial charge on any atom is 0.372 e. The summed E-state index contributed by atoms with van der Waals surface area (Å²) in [6.45, 7) is 0.405. The molecule has 0 amide bonds. The molecule has 0 atom stereocenters. The fourth-order valence-corrected chi connectivity index (χ4v) is 1.33. The van der Waals surface area contributed by atoms with Gasteiger partial charge in [0.15, 0.2) is 0 Å². The van der Waals surface area contributed by atoms with E-state index in [1.54, 1.807) is 30.6 Å². The van der Waals surface area contributed by atoms with E-state index < -0.39 is 5.97 Å². The van der Waals surface area contributed by atoms with Gasteiger partial charge >= 0.3 is 5.97 Å². The van der Waals surface area contributed by atoms with Gasteiger partial charge in [-0.05, 0) is 18.2 Å². The third kappa shape index (κ3) is 2.20. The van der Waals surface area contributed by atoms with Crippen molar-refractivity contribution in [1.82, 2.24) is 4.98 Å². The molecule has 0 saturated heterocycles. The Morgan fingerprint density at radius 3 is 2.81 bits per heavy atom. The second-order valence-corrected chi connectivity index (χ2v) is 3.17. The van der Waals surface area contributed by atoms with Crippen LogP contribution in [0.4, 0.5) is 5.69 Å². The minimum Gasteiger partial charge on any atom is -0.475 e. The van der Waals surface area contributed by atoms with Gasteiger partial charge in [-0.2, -0.15) is 0 Å². The van der Waals surface area contributed by atoms with Gasteiger partial charge in [-0.15, -0.1) is 0 Å². The van der Waals surface area contributed by atoms with Crippen molar-refractivity contribution in [2.45, 2.75) is 6.54 Å². The number of aromatic carboxylic acids is 1. The number of nitrogens with one attached hydrogen (secondary N) is 1. The van der Waals surface area contributed by atoms with Crippen LogP contribution in [0.1, 0.15) is 16.1 Å². The average Bonchev–Trinajstić information content (AvgIpc) is 2.76. The van der Waals surface area contributed by atoms with Crippen molar-refractivity contribution >= 4 is 11.7 Å². The van der Waals surface area contributed by atoms with Crippen LogP contribution in [0.25, 0.3) is 0 Å². The van der Waals surface area contributed by atoms with Crippen LogP contribution >= 0.6 is 0 Å². The van der Waals surface area contributed by atoms with E-state index in [1.807, 2.05) is 0 Å². The summed E-state index contributed by atoms with van der Waals surface area (Å²) < 4.78 is 4.86. The van der Waals surface area contributed by atoms with Crippen molar-refractivity contribution in [2.75, 3.05) is 5.32 Å². The summed E-state index contributed by atoms with van der Waals surface area (Å²) in [7, 11) is 0. The Balaban J connectivity index is 2.05. The molecule has 0 radical (unpaired) electrons. The summed E-state index contributed by atoms with van der Waals surface area (Å²) in [5.74, 6) is -1.09. The molecular weight excluding hydrogens is 208 g/mol. The minimum absolute atomic E-state index is 0.0263. The van der Waals surface area contributed by atoms with Crippen molar-refractivity contribution in [3.05, 3.63) is 48.2 Å². The zero-order valence-electron chi connectivity index (χ0n) is 8.38. The minimum atomic E-state index is -1.06. The van der Waals surface area contributed by atoms with Crippen LogP contribution in [0.15, 0.2) is 41.3 Å². The molecule has 2 aromatic heterocycles. The maximum absolute atomic E-state index is 10.8. The quantitative estimate of drug-likeness (QED) is 0.820. The first-order valence-corrected chi connectivity index (χ1v) is 4.71. The fraction of sp³-hybridized carbons (Fsp3) is 0.0909. The summed E-state index contributed by atoms with van der Waals surface area (Å²) in [5.41, 5.74) is 1.50. The van der Waals surface area contributed by atoms with Gasteiger partial charge in [-0.3, -0.25) is 4.98 Å². The molecule has 5 heteroatoms. The third-order valence-corrected chi connectivity index (χ3v) is 2.10. The van der Waals surface area contributed by atoms with Gasteiger partial charge in [0.1, 0.15) is 0 Å². The van der Waals surface area contributed by atoms with E-state index >= 15 is 0 Å². The highest BCUT2D eigenvalue weighted by molar-refractivity contribution is 5.86. The SMILES string of the molecule is O=C(O)c1occc1CNc1ccncc1. The molecule has 0 unspecified atom stereocenters. The van der Waals surface area contributed by atoms with Gasteiger partial charge in [-0.1, -0.05) is 0 Å². The van der Waals surface area contributed by atoms with Crippen molar-refractivity contribution < 1.29 is 14.3 Å². The Hall–Kier alpha value is -2.30. The normalized spacial score (nSPS) is 10.0. The third-order valence-electron chi connectivity index (χ3n) is 2.10. The number of hydrogen-bond acceptors (Lipinski definition) is 4. The molecule has 0 spiro atoms. The number of carbonyl (C=O) groups is 1. The van der Waals surface area contributed by atoms with Gasteiger partial charge in [-0.25, -0.2) is 4.79 Å². The molecule has 0 aliphatic carbocycles. The molecule has 0 fully saturated rings. The van der Waals surface area contributed by atoms with Crippen LogP contribution in [0.3, 0.4) is 0 Å². The average molecular weight is 218 g/mol. The topological polar surface area (TPSA) is 75.4 Å². The maximum atomic E-state index is 10.8. The van der Waals surface area contributed by atoms with Crippen LogP contribution in [0.5, 0.6) is 0 Å². The van der Waals surface area contributed by atoms with E-state index in [0.29, 0.717) is 12.1 Å². The van der Waals surface area contributed by atoms with E-state index in [9.17, 15) is 4.79 Å². The molecule has 16 heavy (non-hydrogen) atoms. The number of furan rings is 1. The van der Waals surface area contributed by atoms with Crippen molar-refractivity contribution in [3.8, 4) is 0 Å². The van der Waals surface area contributed by atoms with Crippen LogP contribution in [0.2, 0.25) is 0 Å². The van der Waals surface area contributed by atoms with Gasteiger partial charge in [0, 0.05) is 30.2 Å². The lowest BCUT2D eigenvalue weighted by Crippen LogP contribution is -2.04. The number of hydrogen-bond donors (Lipinski definition) is 2. The first-order valence-electron chi connectivity index (χ1n) is 4.71. The Bertz CT molecular complexity index is 479. The summed E-state index contributed by atoms with van der Waals surface area (Å²) in [4.78, 5) is 14.6. The molecule has 0 aliphatic heterocycles. The first kappa shape index (κ1) is 10.2. The largest absolute Gasteiger partial charge is 0.475 e. The molecule has 0 aromatic carbocycles. The highest BCUT2D eigenvalue weighted by Gasteiger charge is 2.12. The highest BCUT2D eigenvalue weighted by atomic mass is 16.4. The van der Waals surface area contributed by atoms with Crippen molar-refractivity contribution in [3.63, 3.8) is 0 Å². The molecule has 82 valence electrons. The number of pyridine rings is 1. The predicted octanol–water partition coefficient (Wildman–Crippen LogP) is 1.98. The van der Waals surface area contributed by atoms with E-state index in [0.717, 1.165) is 5.69 Å². The van der Waals surface area contributed by atoms with E-state index in [2.05, 4.69) is 10.3 Å². The summed E-state index contributed by atoms with van der Waals surface area (Å²) in [6, 6.07) is 5.25. The lowest BCUT2D eigenvalue weighted by molar-refractivity contribution is 0.0661. The number of anilines is 1. The van der Waals surface area contributed by atoms with Crippen molar-refractivity contribution in [2.24, 2.45) is 0 Å². The molecule has 0 bridgehead atoms. The Morgan fingerprint density at radius 1 is 1.38 bits per heavy atom. The van der Waals surface area contributed by atoms with Crippen LogP contribution in [-0.2, 0) is 6.54 Å². The smallest absolute Gasteiger partial charge is 0.372 e. The van der Waals surface area contributed by atoms with E-state index in [4.69, 9.17) is 9.52 Å². The summed E-state index contributed by atoms with van der Waals surface area (Å²) in [6.07, 6.45) is 4.69. The zero-order chi connectivity index (χ0) is 11.4. The molecule has 5 nitrogen and oxygen atoms in total. The first-order chi connectivity index (χ1) is 7.77. The second-order valence-electron chi connectivity index (χ2n) is 3.17. The van der Waals surface area contributed by atoms with Crippen molar-refractivity contribution in [1.29, 1.82) is 0 Å². The molecule has 2 rings (SSSR count). The van der Waals surface area contributed by atoms with Crippen LogP contribution in [-0.4, -0.2) is 16.1 Å². The molecular formula is C11H10N2O3. The van der Waals surface area contributed by atoms with Crippen LogP contribution < -0.4 is 5.32 Å². The lowest BCUT2D eigenvalue weighted by Gasteiger charge is -2.04. The number of nitrogens with zero attached hydrogens (tertiary/aromatic N) is 1. The predicted molar refractivity (Wildman–Crippen MR) is 57.2 cm³/mol. The Morgan fingerprint density at radius 2 is 2.12 bits per heavy atom. The summed E-state index contributed by atoms with van der Waals surface area (Å²) >= 11 is 0. The second kappa shape index (κ2) is 4.48. The number of carboxylic acid groups (broad SMARTS) is 1. The number of aromatic nitrogens is 1. The van der Waals surface area contributed by atoms with Gasteiger partial charge in [0.05, 0.1) is 6.26 Å². The molecule has 0 saturated carbocycles. The van der Waals surface area contributed by atoms with E-state index in [-0.39, 0.29) is 5.76 Å². The molecule has 2 heterocycles. The Labute approximate surface area is 91.7 Å². The van der Waals surface area contributed by atoms with Gasteiger partial charge < -0.3 is 14.8 Å². The standard InChI is InChI=1S/C11H10N2O3/c14-11(15)10-8(3-6-16-10)7-13-9-1-4-12-5-2-9/h1-6H,7H2,(H,12,13)(H,14,15). The molecule has 2 N–H and O–H groups in total.